The van der Waals surface area contributed by atoms with Crippen LogP contribution in [0.25, 0.3) is 10.2 Å². The number of thiophene rings is 1. The lowest BCUT2D eigenvalue weighted by atomic mass is 10.1. The summed E-state index contributed by atoms with van der Waals surface area (Å²) >= 11 is 3.27. The molecule has 1 aliphatic heterocycles. The highest BCUT2D eigenvalue weighted by Gasteiger charge is 2.19. The quantitative estimate of drug-likeness (QED) is 0.629. The summed E-state index contributed by atoms with van der Waals surface area (Å²) in [7, 11) is 0. The van der Waals surface area contributed by atoms with Gasteiger partial charge in [0.1, 0.15) is 4.83 Å². The third-order valence-electron chi connectivity index (χ3n) is 4.24. The number of aryl methyl sites for hydroxylation is 2. The van der Waals surface area contributed by atoms with Gasteiger partial charge in [0.05, 0.1) is 11.5 Å². The smallest absolute Gasteiger partial charge is 0.263 e. The van der Waals surface area contributed by atoms with E-state index in [-0.39, 0.29) is 5.56 Å². The van der Waals surface area contributed by atoms with Crippen molar-refractivity contribution in [3.63, 3.8) is 0 Å². The van der Waals surface area contributed by atoms with Gasteiger partial charge in [-0.2, -0.15) is 0 Å². The van der Waals surface area contributed by atoms with E-state index in [2.05, 4.69) is 6.92 Å². The van der Waals surface area contributed by atoms with E-state index in [0.29, 0.717) is 12.6 Å². The van der Waals surface area contributed by atoms with Crippen LogP contribution >= 0.6 is 23.1 Å². The first-order valence-corrected chi connectivity index (χ1v) is 9.67. The Labute approximate surface area is 138 Å². The monoisotopic (exact) mass is 338 g/mol. The van der Waals surface area contributed by atoms with Crippen molar-refractivity contribution in [2.75, 3.05) is 12.4 Å². The molecule has 120 valence electrons. The molecule has 3 rings (SSSR count). The van der Waals surface area contributed by atoms with Crippen LogP contribution < -0.4 is 5.56 Å². The Balaban J connectivity index is 1.92. The first-order chi connectivity index (χ1) is 10.6. The zero-order valence-electron chi connectivity index (χ0n) is 13.3. The number of fused-ring (bicyclic) bond motifs is 1. The molecule has 1 saturated heterocycles. The first-order valence-electron chi connectivity index (χ1n) is 7.86. The SMILES string of the molecule is CCn1c(SC[C@H]2CCCCO2)nc2sc(C)c(C)c2c1=O. The Kier molecular flexibility index (Phi) is 4.90. The molecule has 1 atom stereocenters. The Hall–Kier alpha value is -0.850. The predicted octanol–water partition coefficient (Wildman–Crippen LogP) is 3.76. The van der Waals surface area contributed by atoms with Crippen molar-refractivity contribution in [2.24, 2.45) is 0 Å². The van der Waals surface area contributed by atoms with Crippen molar-refractivity contribution < 1.29 is 4.74 Å². The fourth-order valence-corrected chi connectivity index (χ4v) is 5.00. The van der Waals surface area contributed by atoms with Crippen LogP contribution in [-0.2, 0) is 11.3 Å². The molecule has 22 heavy (non-hydrogen) atoms. The lowest BCUT2D eigenvalue weighted by Gasteiger charge is -2.22. The minimum atomic E-state index is 0.0985. The lowest BCUT2D eigenvalue weighted by Crippen LogP contribution is -2.25. The van der Waals surface area contributed by atoms with Crippen molar-refractivity contribution in [1.29, 1.82) is 0 Å². The van der Waals surface area contributed by atoms with Gasteiger partial charge in [-0.05, 0) is 45.6 Å². The van der Waals surface area contributed by atoms with Crippen molar-refractivity contribution in [3.05, 3.63) is 20.8 Å². The van der Waals surface area contributed by atoms with Crippen LogP contribution in [0, 0.1) is 13.8 Å². The van der Waals surface area contributed by atoms with E-state index < -0.39 is 0 Å². The molecule has 2 aromatic rings. The second-order valence-electron chi connectivity index (χ2n) is 5.71. The molecule has 0 radical (unpaired) electrons. The Morgan fingerprint density at radius 1 is 1.41 bits per heavy atom. The highest BCUT2D eigenvalue weighted by molar-refractivity contribution is 7.99. The maximum absolute atomic E-state index is 12.8. The molecule has 0 aromatic carbocycles. The standard InChI is InChI=1S/C16H22N2O2S2/c1-4-18-15(19)13-10(2)11(3)22-14(13)17-16(18)21-9-12-7-5-6-8-20-12/h12H,4-9H2,1-3H3/t12-/m1/s1. The maximum Gasteiger partial charge on any atom is 0.263 e. The summed E-state index contributed by atoms with van der Waals surface area (Å²) in [5.74, 6) is 0.876. The number of rotatable bonds is 4. The number of thioether (sulfide) groups is 1. The number of nitrogens with zero attached hydrogens (tertiary/aromatic N) is 2. The molecule has 0 spiro atoms. The van der Waals surface area contributed by atoms with Crippen molar-refractivity contribution in [3.8, 4) is 0 Å². The second-order valence-corrected chi connectivity index (χ2v) is 7.90. The van der Waals surface area contributed by atoms with E-state index in [1.54, 1.807) is 27.7 Å². The predicted molar refractivity (Wildman–Crippen MR) is 93.3 cm³/mol. The summed E-state index contributed by atoms with van der Waals surface area (Å²) in [5, 5.41) is 1.62. The van der Waals surface area contributed by atoms with Gasteiger partial charge in [-0.25, -0.2) is 4.98 Å². The van der Waals surface area contributed by atoms with E-state index in [1.165, 1.54) is 17.7 Å². The molecule has 1 fully saturated rings. The molecule has 0 bridgehead atoms. The number of hydrogen-bond donors (Lipinski definition) is 0. The molecule has 0 N–H and O–H groups in total. The lowest BCUT2D eigenvalue weighted by molar-refractivity contribution is 0.0315. The van der Waals surface area contributed by atoms with Crippen LogP contribution in [-0.4, -0.2) is 28.0 Å². The topological polar surface area (TPSA) is 44.1 Å². The summed E-state index contributed by atoms with van der Waals surface area (Å²) in [6.07, 6.45) is 3.81. The molecule has 0 saturated carbocycles. The van der Waals surface area contributed by atoms with E-state index in [0.717, 1.165) is 39.7 Å². The molecule has 1 aliphatic rings. The van der Waals surface area contributed by atoms with E-state index in [1.807, 2.05) is 13.8 Å². The molecular formula is C16H22N2O2S2. The Bertz CT molecular complexity index is 730. The molecule has 0 aliphatic carbocycles. The minimum Gasteiger partial charge on any atom is -0.377 e. The van der Waals surface area contributed by atoms with Crippen molar-refractivity contribution >= 4 is 33.3 Å². The molecule has 6 heteroatoms. The number of aromatic nitrogens is 2. The van der Waals surface area contributed by atoms with E-state index >= 15 is 0 Å². The maximum atomic E-state index is 12.8. The zero-order valence-corrected chi connectivity index (χ0v) is 15.0. The number of hydrogen-bond acceptors (Lipinski definition) is 5. The van der Waals surface area contributed by atoms with Crippen LogP contribution in [0.3, 0.4) is 0 Å². The Morgan fingerprint density at radius 3 is 2.91 bits per heavy atom. The van der Waals surface area contributed by atoms with Crippen LogP contribution in [0.1, 0.15) is 36.6 Å². The minimum absolute atomic E-state index is 0.0985. The van der Waals surface area contributed by atoms with Crippen molar-refractivity contribution in [1.82, 2.24) is 9.55 Å². The second kappa shape index (κ2) is 6.72. The van der Waals surface area contributed by atoms with Gasteiger partial charge >= 0.3 is 0 Å². The fourth-order valence-electron chi connectivity index (χ4n) is 2.80. The van der Waals surface area contributed by atoms with Crippen LogP contribution in [0.15, 0.2) is 9.95 Å². The van der Waals surface area contributed by atoms with Gasteiger partial charge in [-0.3, -0.25) is 9.36 Å². The summed E-state index contributed by atoms with van der Waals surface area (Å²) in [4.78, 5) is 19.6. The zero-order chi connectivity index (χ0) is 15.7. The first kappa shape index (κ1) is 16.0. The van der Waals surface area contributed by atoms with E-state index in [9.17, 15) is 4.79 Å². The van der Waals surface area contributed by atoms with Crippen molar-refractivity contribution in [2.45, 2.75) is 57.8 Å². The van der Waals surface area contributed by atoms with Gasteiger partial charge < -0.3 is 4.74 Å². The van der Waals surface area contributed by atoms with Crippen LogP contribution in [0.4, 0.5) is 0 Å². The average molecular weight is 338 g/mol. The molecule has 4 nitrogen and oxygen atoms in total. The average Bonchev–Trinajstić information content (AvgIpc) is 2.81. The number of ether oxygens (including phenoxy) is 1. The van der Waals surface area contributed by atoms with Gasteiger partial charge in [-0.1, -0.05) is 11.8 Å². The highest BCUT2D eigenvalue weighted by Crippen LogP contribution is 2.29. The summed E-state index contributed by atoms with van der Waals surface area (Å²) < 4.78 is 7.58. The largest absolute Gasteiger partial charge is 0.377 e. The molecule has 2 aromatic heterocycles. The fraction of sp³-hybridized carbons (Fsp3) is 0.625. The van der Waals surface area contributed by atoms with Crippen LogP contribution in [0.2, 0.25) is 0 Å². The molecular weight excluding hydrogens is 316 g/mol. The van der Waals surface area contributed by atoms with Gasteiger partial charge in [0.2, 0.25) is 0 Å². The normalized spacial score (nSPS) is 19.0. The molecule has 0 amide bonds. The Morgan fingerprint density at radius 2 is 2.23 bits per heavy atom. The van der Waals surface area contributed by atoms with Gasteiger partial charge in [0.15, 0.2) is 5.16 Å². The molecule has 0 unspecified atom stereocenters. The van der Waals surface area contributed by atoms with Gasteiger partial charge in [-0.15, -0.1) is 11.3 Å². The summed E-state index contributed by atoms with van der Waals surface area (Å²) in [6.45, 7) is 7.59. The van der Waals surface area contributed by atoms with E-state index in [4.69, 9.17) is 9.72 Å². The van der Waals surface area contributed by atoms with Crippen LogP contribution in [0.5, 0.6) is 0 Å². The third-order valence-corrected chi connectivity index (χ3v) is 6.45. The summed E-state index contributed by atoms with van der Waals surface area (Å²) in [6, 6.07) is 0. The van der Waals surface area contributed by atoms with Gasteiger partial charge in [0, 0.05) is 23.8 Å². The third kappa shape index (κ3) is 2.96. The van der Waals surface area contributed by atoms with Gasteiger partial charge in [0.25, 0.3) is 5.56 Å². The summed E-state index contributed by atoms with van der Waals surface area (Å²) in [5.41, 5.74) is 1.17. The highest BCUT2D eigenvalue weighted by atomic mass is 32.2. The molecule has 3 heterocycles.